The number of carbonyl (C=O) groups is 3. The topological polar surface area (TPSA) is 148 Å². The molecule has 1 saturated heterocycles. The number of alkyl carbamates (subject to hydrolysis) is 1. The molecule has 2 atom stereocenters. The summed E-state index contributed by atoms with van der Waals surface area (Å²) in [5.74, 6) is -1.28. The van der Waals surface area contributed by atoms with E-state index in [4.69, 9.17) is 9.88 Å². The highest BCUT2D eigenvalue weighted by Crippen LogP contribution is 2.31. The first-order chi connectivity index (χ1) is 20.3. The summed E-state index contributed by atoms with van der Waals surface area (Å²) in [7, 11) is -3.83. The molecule has 0 bridgehead atoms. The molecular weight excluding hydrogens is 568 g/mol. The molecule has 1 fully saturated rings. The summed E-state index contributed by atoms with van der Waals surface area (Å²) in [6, 6.07) is 23.0. The minimum absolute atomic E-state index is 0.0231. The van der Waals surface area contributed by atoms with Crippen LogP contribution in [0.4, 0.5) is 4.79 Å². The molecule has 10 nitrogen and oxygen atoms in total. The van der Waals surface area contributed by atoms with Gasteiger partial charge in [0.2, 0.25) is 21.8 Å². The molecule has 0 aliphatic carbocycles. The average Bonchev–Trinajstić information content (AvgIpc) is 3.45. The van der Waals surface area contributed by atoms with E-state index in [1.54, 1.807) is 32.9 Å². The summed E-state index contributed by atoms with van der Waals surface area (Å²) in [5.41, 5.74) is 1.54. The lowest BCUT2D eigenvalue weighted by molar-refractivity contribution is -0.140. The molecule has 3 amide bonds. The van der Waals surface area contributed by atoms with Gasteiger partial charge < -0.3 is 20.3 Å². The Labute approximate surface area is 252 Å². The van der Waals surface area contributed by atoms with E-state index in [1.807, 2.05) is 60.7 Å². The van der Waals surface area contributed by atoms with Gasteiger partial charge in [-0.25, -0.2) is 18.4 Å². The minimum Gasteiger partial charge on any atom is -0.444 e. The number of sulfonamides is 1. The second-order valence-electron chi connectivity index (χ2n) is 11.5. The van der Waals surface area contributed by atoms with Crippen LogP contribution < -0.4 is 15.8 Å². The molecule has 3 aromatic rings. The summed E-state index contributed by atoms with van der Waals surface area (Å²) in [5, 5.41) is 10.9. The largest absolute Gasteiger partial charge is 0.444 e. The normalized spacial score (nSPS) is 16.0. The van der Waals surface area contributed by atoms with Gasteiger partial charge in [-0.05, 0) is 62.4 Å². The van der Waals surface area contributed by atoms with Crippen molar-refractivity contribution >= 4 is 27.9 Å². The fraction of sp³-hybridized carbons (Fsp3) is 0.344. The number of benzene rings is 3. The predicted molar refractivity (Wildman–Crippen MR) is 162 cm³/mol. The van der Waals surface area contributed by atoms with Crippen molar-refractivity contribution < 1.29 is 27.5 Å². The van der Waals surface area contributed by atoms with Gasteiger partial charge in [-0.15, -0.1) is 0 Å². The van der Waals surface area contributed by atoms with Crippen LogP contribution in [0, 0.1) is 0 Å². The third-order valence-electron chi connectivity index (χ3n) is 7.15. The van der Waals surface area contributed by atoms with Crippen LogP contribution in [0.25, 0.3) is 0 Å². The Morgan fingerprint density at radius 3 is 2.00 bits per heavy atom. The molecule has 3 aromatic carbocycles. The maximum atomic E-state index is 14.4. The van der Waals surface area contributed by atoms with Gasteiger partial charge in [-0.2, -0.15) is 0 Å². The van der Waals surface area contributed by atoms with E-state index in [1.165, 1.54) is 17.0 Å². The molecule has 0 aromatic heterocycles. The number of likely N-dealkylation sites (tertiary alicyclic amines) is 1. The number of nitrogens with one attached hydrogen (secondary N) is 2. The van der Waals surface area contributed by atoms with E-state index in [0.29, 0.717) is 24.9 Å². The van der Waals surface area contributed by atoms with E-state index in [0.717, 1.165) is 11.1 Å². The smallest absolute Gasteiger partial charge is 0.408 e. The Morgan fingerprint density at radius 1 is 0.930 bits per heavy atom. The molecule has 43 heavy (non-hydrogen) atoms. The molecule has 1 aliphatic rings. The molecule has 11 heteroatoms. The summed E-state index contributed by atoms with van der Waals surface area (Å²) in [6.45, 7) is 5.73. The van der Waals surface area contributed by atoms with Gasteiger partial charge in [0.15, 0.2) is 0 Å². The number of primary sulfonamides is 1. The zero-order valence-corrected chi connectivity index (χ0v) is 25.3. The number of hydrogen-bond acceptors (Lipinski definition) is 6. The minimum atomic E-state index is -3.83. The average molecular weight is 607 g/mol. The molecule has 0 radical (unpaired) electrons. The number of hydrogen-bond donors (Lipinski definition) is 3. The first kappa shape index (κ1) is 31.7. The zero-order valence-electron chi connectivity index (χ0n) is 24.5. The van der Waals surface area contributed by atoms with Gasteiger partial charge in [0.1, 0.15) is 17.7 Å². The molecule has 0 unspecified atom stereocenters. The summed E-state index contributed by atoms with van der Waals surface area (Å²) in [4.78, 5) is 42.3. The van der Waals surface area contributed by atoms with Crippen molar-refractivity contribution in [2.45, 2.75) is 68.7 Å². The Hall–Kier alpha value is -4.22. The Kier molecular flexibility index (Phi) is 9.87. The van der Waals surface area contributed by atoms with Crippen molar-refractivity contribution in [2.24, 2.45) is 5.14 Å². The maximum absolute atomic E-state index is 14.4. The molecule has 4 rings (SSSR count). The van der Waals surface area contributed by atoms with E-state index in [-0.39, 0.29) is 17.3 Å². The second kappa shape index (κ2) is 13.4. The number of rotatable bonds is 9. The first-order valence-electron chi connectivity index (χ1n) is 14.1. The van der Waals surface area contributed by atoms with Crippen molar-refractivity contribution in [3.8, 4) is 0 Å². The predicted octanol–water partition coefficient (Wildman–Crippen LogP) is 3.67. The molecular formula is C32H38N4O6S. The Morgan fingerprint density at radius 2 is 1.49 bits per heavy atom. The van der Waals surface area contributed by atoms with E-state index >= 15 is 0 Å². The van der Waals surface area contributed by atoms with E-state index in [9.17, 15) is 22.8 Å². The van der Waals surface area contributed by atoms with E-state index < -0.39 is 45.6 Å². The third-order valence-corrected chi connectivity index (χ3v) is 8.08. The van der Waals surface area contributed by atoms with Crippen LogP contribution >= 0.6 is 0 Å². The summed E-state index contributed by atoms with van der Waals surface area (Å²) < 4.78 is 28.6. The first-order valence-corrected chi connectivity index (χ1v) is 15.7. The van der Waals surface area contributed by atoms with Gasteiger partial charge in [-0.3, -0.25) is 9.59 Å². The van der Waals surface area contributed by atoms with Crippen LogP contribution in [0.2, 0.25) is 0 Å². The van der Waals surface area contributed by atoms with Crippen LogP contribution in [0.15, 0.2) is 89.8 Å². The van der Waals surface area contributed by atoms with Crippen molar-refractivity contribution in [3.05, 3.63) is 102 Å². The monoisotopic (exact) mass is 606 g/mol. The highest BCUT2D eigenvalue weighted by molar-refractivity contribution is 7.89. The zero-order chi connectivity index (χ0) is 31.2. The van der Waals surface area contributed by atoms with Crippen molar-refractivity contribution in [1.29, 1.82) is 0 Å². The standard InChI is InChI=1S/C32H38N4O6S/c1-32(2,3)42-31(39)35-28(27(23-11-6-4-7-12-23)24-13-8-5-9-14-24)30(38)36-20-10-15-26(36)29(37)34-21-22-16-18-25(19-17-22)43(33,40)41/h4-9,11-14,16-19,26-28H,10,15,20-21H2,1-3H3,(H,34,37)(H,35,39)(H2,33,40,41)/t26-,28+/m0/s1. The lowest BCUT2D eigenvalue weighted by Gasteiger charge is -2.34. The third kappa shape index (κ3) is 8.42. The van der Waals surface area contributed by atoms with Gasteiger partial charge in [0.25, 0.3) is 0 Å². The van der Waals surface area contributed by atoms with Crippen molar-refractivity contribution in [3.63, 3.8) is 0 Å². The van der Waals surface area contributed by atoms with Crippen LogP contribution in [0.1, 0.15) is 56.2 Å². The number of amides is 3. The van der Waals surface area contributed by atoms with Gasteiger partial charge >= 0.3 is 6.09 Å². The van der Waals surface area contributed by atoms with Crippen LogP contribution in [0.5, 0.6) is 0 Å². The molecule has 228 valence electrons. The summed E-state index contributed by atoms with van der Waals surface area (Å²) in [6.07, 6.45) is 0.348. The maximum Gasteiger partial charge on any atom is 0.408 e. The van der Waals surface area contributed by atoms with Crippen LogP contribution in [-0.2, 0) is 30.9 Å². The lowest BCUT2D eigenvalue weighted by Crippen LogP contribution is -2.56. The van der Waals surface area contributed by atoms with Crippen LogP contribution in [-0.4, -0.2) is 55.5 Å². The second-order valence-corrected chi connectivity index (χ2v) is 13.1. The molecule has 4 N–H and O–H groups in total. The fourth-order valence-electron chi connectivity index (χ4n) is 5.21. The molecule has 1 aliphatic heterocycles. The van der Waals surface area contributed by atoms with Gasteiger partial charge in [0, 0.05) is 19.0 Å². The number of carbonyl (C=O) groups excluding carboxylic acids is 3. The number of nitrogens with zero attached hydrogens (tertiary/aromatic N) is 1. The lowest BCUT2D eigenvalue weighted by atomic mass is 9.84. The Bertz CT molecular complexity index is 1480. The van der Waals surface area contributed by atoms with Gasteiger partial charge in [-0.1, -0.05) is 72.8 Å². The molecule has 0 saturated carbocycles. The summed E-state index contributed by atoms with van der Waals surface area (Å²) >= 11 is 0. The van der Waals surface area contributed by atoms with Gasteiger partial charge in [0.05, 0.1) is 4.90 Å². The SMILES string of the molecule is CC(C)(C)OC(=O)N[C@@H](C(=O)N1CCC[C@H]1C(=O)NCc1ccc(S(N)(=O)=O)cc1)C(c1ccccc1)c1ccccc1. The highest BCUT2D eigenvalue weighted by atomic mass is 32.2. The Balaban J connectivity index is 1.60. The fourth-order valence-corrected chi connectivity index (χ4v) is 5.72. The quantitative estimate of drug-likeness (QED) is 0.339. The van der Waals surface area contributed by atoms with Crippen molar-refractivity contribution in [2.75, 3.05) is 6.54 Å². The number of ether oxygens (including phenoxy) is 1. The van der Waals surface area contributed by atoms with Crippen molar-refractivity contribution in [1.82, 2.24) is 15.5 Å². The number of nitrogens with two attached hydrogens (primary N) is 1. The molecule has 0 spiro atoms. The molecule has 1 heterocycles. The van der Waals surface area contributed by atoms with E-state index in [2.05, 4.69) is 10.6 Å². The van der Waals surface area contributed by atoms with Crippen LogP contribution in [0.3, 0.4) is 0 Å². The highest BCUT2D eigenvalue weighted by Gasteiger charge is 2.42.